The minimum atomic E-state index is -0.176. The molecule has 6 heteroatoms. The lowest BCUT2D eigenvalue weighted by atomic mass is 9.97. The Balaban J connectivity index is 1.97. The topological polar surface area (TPSA) is 49.2 Å². The molecular formula is C10H17N3OS2. The van der Waals surface area contributed by atoms with Crippen molar-refractivity contribution in [2.75, 3.05) is 19.0 Å². The van der Waals surface area contributed by atoms with E-state index in [9.17, 15) is 5.11 Å². The maximum absolute atomic E-state index is 9.87. The SMILES string of the molecule is CN(C)c1nnc(S[C@@H]2CCCC[C@H]2O)s1. The van der Waals surface area contributed by atoms with Gasteiger partial charge in [0.2, 0.25) is 5.13 Å². The molecule has 0 amide bonds. The molecule has 2 atom stereocenters. The Labute approximate surface area is 104 Å². The van der Waals surface area contributed by atoms with Crippen molar-refractivity contribution in [3.8, 4) is 0 Å². The van der Waals surface area contributed by atoms with Crippen LogP contribution in [0.2, 0.25) is 0 Å². The van der Waals surface area contributed by atoms with Crippen molar-refractivity contribution in [2.24, 2.45) is 0 Å². The molecule has 1 N–H and O–H groups in total. The fourth-order valence-electron chi connectivity index (χ4n) is 1.78. The second kappa shape index (κ2) is 5.33. The van der Waals surface area contributed by atoms with Crippen LogP contribution in [0.4, 0.5) is 5.13 Å². The van der Waals surface area contributed by atoms with Crippen molar-refractivity contribution < 1.29 is 5.11 Å². The molecule has 1 aromatic rings. The van der Waals surface area contributed by atoms with Crippen molar-refractivity contribution in [3.63, 3.8) is 0 Å². The number of rotatable bonds is 3. The van der Waals surface area contributed by atoms with Gasteiger partial charge in [0, 0.05) is 19.3 Å². The zero-order valence-corrected chi connectivity index (χ0v) is 11.2. The van der Waals surface area contributed by atoms with Crippen molar-refractivity contribution >= 4 is 28.2 Å². The minimum absolute atomic E-state index is 0.176. The third kappa shape index (κ3) is 2.87. The molecule has 1 aliphatic rings. The van der Waals surface area contributed by atoms with E-state index in [4.69, 9.17) is 0 Å². The third-order valence-electron chi connectivity index (χ3n) is 2.70. The van der Waals surface area contributed by atoms with E-state index in [0.29, 0.717) is 5.25 Å². The second-order valence-electron chi connectivity index (χ2n) is 4.25. The molecule has 1 fully saturated rings. The van der Waals surface area contributed by atoms with E-state index in [-0.39, 0.29) is 6.10 Å². The number of anilines is 1. The van der Waals surface area contributed by atoms with Crippen LogP contribution in [0.3, 0.4) is 0 Å². The molecule has 1 aromatic heterocycles. The zero-order valence-electron chi connectivity index (χ0n) is 9.59. The highest BCUT2D eigenvalue weighted by Gasteiger charge is 2.25. The summed E-state index contributed by atoms with van der Waals surface area (Å²) in [6.45, 7) is 0. The molecule has 1 heterocycles. The van der Waals surface area contributed by atoms with Crippen molar-refractivity contribution in [1.82, 2.24) is 10.2 Å². The van der Waals surface area contributed by atoms with E-state index in [1.165, 1.54) is 6.42 Å². The monoisotopic (exact) mass is 259 g/mol. The average Bonchev–Trinajstić information content (AvgIpc) is 2.70. The molecule has 0 bridgehead atoms. The normalized spacial score (nSPS) is 25.7. The highest BCUT2D eigenvalue weighted by atomic mass is 32.2. The number of hydrogen-bond donors (Lipinski definition) is 1. The summed E-state index contributed by atoms with van der Waals surface area (Å²) in [4.78, 5) is 1.96. The number of hydrogen-bond acceptors (Lipinski definition) is 6. The number of nitrogens with zero attached hydrogens (tertiary/aromatic N) is 3. The Hall–Kier alpha value is -0.330. The summed E-state index contributed by atoms with van der Waals surface area (Å²) in [6.07, 6.45) is 4.20. The Bertz CT molecular complexity index is 343. The number of aliphatic hydroxyl groups excluding tert-OH is 1. The Morgan fingerprint density at radius 2 is 2.06 bits per heavy atom. The number of aliphatic hydroxyl groups is 1. The van der Waals surface area contributed by atoms with E-state index in [1.807, 2.05) is 19.0 Å². The maximum Gasteiger partial charge on any atom is 0.208 e. The lowest BCUT2D eigenvalue weighted by molar-refractivity contribution is 0.137. The van der Waals surface area contributed by atoms with Gasteiger partial charge in [-0.1, -0.05) is 35.9 Å². The van der Waals surface area contributed by atoms with E-state index < -0.39 is 0 Å². The van der Waals surface area contributed by atoms with Gasteiger partial charge in [-0.3, -0.25) is 0 Å². The third-order valence-corrected chi connectivity index (χ3v) is 5.26. The Kier molecular flexibility index (Phi) is 4.05. The molecule has 1 aliphatic carbocycles. The molecule has 0 unspecified atom stereocenters. The molecule has 0 saturated heterocycles. The molecule has 0 aliphatic heterocycles. The Morgan fingerprint density at radius 1 is 1.31 bits per heavy atom. The quantitative estimate of drug-likeness (QED) is 0.899. The summed E-state index contributed by atoms with van der Waals surface area (Å²) in [6, 6.07) is 0. The predicted molar refractivity (Wildman–Crippen MR) is 68.4 cm³/mol. The van der Waals surface area contributed by atoms with E-state index in [1.54, 1.807) is 23.1 Å². The van der Waals surface area contributed by atoms with Gasteiger partial charge in [-0.25, -0.2) is 0 Å². The van der Waals surface area contributed by atoms with Crippen LogP contribution in [0, 0.1) is 0 Å². The van der Waals surface area contributed by atoms with Gasteiger partial charge in [0.15, 0.2) is 4.34 Å². The highest BCUT2D eigenvalue weighted by molar-refractivity contribution is 8.01. The van der Waals surface area contributed by atoms with Crippen LogP contribution in [-0.2, 0) is 0 Å². The molecular weight excluding hydrogens is 242 g/mol. The van der Waals surface area contributed by atoms with Gasteiger partial charge in [0.25, 0.3) is 0 Å². The second-order valence-corrected chi connectivity index (χ2v) is 6.70. The molecule has 0 spiro atoms. The predicted octanol–water partition coefficient (Wildman–Crippen LogP) is 2.00. The minimum Gasteiger partial charge on any atom is -0.392 e. The van der Waals surface area contributed by atoms with Gasteiger partial charge in [-0.05, 0) is 12.8 Å². The van der Waals surface area contributed by atoms with Gasteiger partial charge in [0.05, 0.1) is 6.10 Å². The first-order valence-electron chi connectivity index (χ1n) is 5.52. The lowest BCUT2D eigenvalue weighted by Crippen LogP contribution is -2.26. The van der Waals surface area contributed by atoms with Crippen LogP contribution >= 0.6 is 23.1 Å². The van der Waals surface area contributed by atoms with Crippen molar-refractivity contribution in [2.45, 2.75) is 41.4 Å². The number of aromatic nitrogens is 2. The van der Waals surface area contributed by atoms with Gasteiger partial charge >= 0.3 is 0 Å². The van der Waals surface area contributed by atoms with E-state index in [2.05, 4.69) is 10.2 Å². The van der Waals surface area contributed by atoms with Crippen LogP contribution in [0.1, 0.15) is 25.7 Å². The lowest BCUT2D eigenvalue weighted by Gasteiger charge is -2.25. The summed E-state index contributed by atoms with van der Waals surface area (Å²) in [5.74, 6) is 0. The Morgan fingerprint density at radius 3 is 2.69 bits per heavy atom. The molecule has 2 rings (SSSR count). The fraction of sp³-hybridized carbons (Fsp3) is 0.800. The molecule has 1 saturated carbocycles. The zero-order chi connectivity index (χ0) is 11.5. The first-order valence-corrected chi connectivity index (χ1v) is 7.22. The average molecular weight is 259 g/mol. The van der Waals surface area contributed by atoms with Crippen molar-refractivity contribution in [3.05, 3.63) is 0 Å². The largest absolute Gasteiger partial charge is 0.392 e. The summed E-state index contributed by atoms with van der Waals surface area (Å²) < 4.78 is 0.967. The van der Waals surface area contributed by atoms with Gasteiger partial charge in [-0.2, -0.15) is 0 Å². The standard InChI is InChI=1S/C10H17N3OS2/c1-13(2)9-11-12-10(16-9)15-8-6-4-3-5-7(8)14/h7-8,14H,3-6H2,1-2H3/t7-,8-/m1/s1. The molecule has 90 valence electrons. The maximum atomic E-state index is 9.87. The van der Waals surface area contributed by atoms with Crippen LogP contribution in [0.15, 0.2) is 4.34 Å². The van der Waals surface area contributed by atoms with Gasteiger partial charge in [-0.15, -0.1) is 10.2 Å². The summed E-state index contributed by atoms with van der Waals surface area (Å²) in [7, 11) is 3.93. The molecule has 0 radical (unpaired) electrons. The van der Waals surface area contributed by atoms with E-state index >= 15 is 0 Å². The van der Waals surface area contributed by atoms with Crippen molar-refractivity contribution in [1.29, 1.82) is 0 Å². The molecule has 4 nitrogen and oxygen atoms in total. The highest BCUT2D eigenvalue weighted by Crippen LogP contribution is 2.36. The van der Waals surface area contributed by atoms with Gasteiger partial charge in [0.1, 0.15) is 0 Å². The van der Waals surface area contributed by atoms with Crippen LogP contribution in [0.25, 0.3) is 0 Å². The van der Waals surface area contributed by atoms with E-state index in [0.717, 1.165) is 28.7 Å². The first-order chi connectivity index (χ1) is 7.66. The summed E-state index contributed by atoms with van der Waals surface area (Å²) in [5, 5.41) is 19.3. The van der Waals surface area contributed by atoms with Crippen LogP contribution < -0.4 is 4.90 Å². The first kappa shape index (κ1) is 12.1. The molecule has 16 heavy (non-hydrogen) atoms. The smallest absolute Gasteiger partial charge is 0.208 e. The van der Waals surface area contributed by atoms with Crippen LogP contribution in [0.5, 0.6) is 0 Å². The fourth-order valence-corrected chi connectivity index (χ4v) is 3.99. The molecule has 0 aromatic carbocycles. The summed E-state index contributed by atoms with van der Waals surface area (Å²) >= 11 is 3.27. The summed E-state index contributed by atoms with van der Waals surface area (Å²) in [5.41, 5.74) is 0. The van der Waals surface area contributed by atoms with Crippen LogP contribution in [-0.4, -0.2) is 40.8 Å². The van der Waals surface area contributed by atoms with Gasteiger partial charge < -0.3 is 10.0 Å². The number of thioether (sulfide) groups is 1.